The third kappa shape index (κ3) is 3.88. The highest BCUT2D eigenvalue weighted by Crippen LogP contribution is 2.20. The van der Waals surface area contributed by atoms with Crippen LogP contribution in [0.15, 0.2) is 29.6 Å². The van der Waals surface area contributed by atoms with E-state index in [0.717, 1.165) is 69.3 Å². The average molecular weight is 374 g/mol. The zero-order chi connectivity index (χ0) is 17.9. The van der Waals surface area contributed by atoms with Crippen molar-refractivity contribution in [3.05, 3.63) is 46.2 Å². The summed E-state index contributed by atoms with van der Waals surface area (Å²) in [5.41, 5.74) is 1.66. The number of rotatable bonds is 4. The van der Waals surface area contributed by atoms with Gasteiger partial charge in [0.2, 0.25) is 0 Å². The van der Waals surface area contributed by atoms with Crippen LogP contribution in [0.4, 0.5) is 10.1 Å². The van der Waals surface area contributed by atoms with Gasteiger partial charge in [-0.2, -0.15) is 0 Å². The SMILES string of the molecule is O=C(c1csc(CN2CCN(c3ccc(F)cc3)CC2)n1)N1CCCC1. The molecule has 1 aromatic carbocycles. The lowest BCUT2D eigenvalue weighted by Crippen LogP contribution is -2.45. The van der Waals surface area contributed by atoms with Crippen LogP contribution in [-0.4, -0.2) is 60.0 Å². The number of halogens is 1. The Balaban J connectivity index is 1.30. The second-order valence-electron chi connectivity index (χ2n) is 6.87. The van der Waals surface area contributed by atoms with E-state index in [4.69, 9.17) is 0 Å². The number of nitrogens with zero attached hydrogens (tertiary/aromatic N) is 4. The fourth-order valence-electron chi connectivity index (χ4n) is 3.57. The third-order valence-corrected chi connectivity index (χ3v) is 5.92. The number of hydrogen-bond acceptors (Lipinski definition) is 5. The number of benzene rings is 1. The Bertz CT molecular complexity index is 749. The number of hydrogen-bond donors (Lipinski definition) is 0. The zero-order valence-corrected chi connectivity index (χ0v) is 15.6. The molecule has 1 aromatic heterocycles. The van der Waals surface area contributed by atoms with Crippen LogP contribution in [0.3, 0.4) is 0 Å². The fourth-order valence-corrected chi connectivity index (χ4v) is 4.38. The van der Waals surface area contributed by atoms with Crippen LogP contribution in [-0.2, 0) is 6.54 Å². The van der Waals surface area contributed by atoms with Gasteiger partial charge in [0, 0.05) is 50.3 Å². The molecule has 4 rings (SSSR count). The van der Waals surface area contributed by atoms with E-state index < -0.39 is 0 Å². The highest BCUT2D eigenvalue weighted by atomic mass is 32.1. The molecular formula is C19H23FN4OS. The maximum atomic E-state index is 13.1. The number of anilines is 1. The molecule has 7 heteroatoms. The number of thiazole rings is 1. The summed E-state index contributed by atoms with van der Waals surface area (Å²) in [6.45, 7) is 6.20. The average Bonchev–Trinajstić information content (AvgIpc) is 3.35. The van der Waals surface area contributed by atoms with E-state index in [1.54, 1.807) is 11.3 Å². The highest BCUT2D eigenvalue weighted by Gasteiger charge is 2.23. The van der Waals surface area contributed by atoms with Gasteiger partial charge in [-0.3, -0.25) is 9.69 Å². The standard InChI is InChI=1S/C19H23FN4OS/c20-15-3-5-16(6-4-15)23-11-9-22(10-12-23)13-18-21-17(14-26-18)19(25)24-7-1-2-8-24/h3-6,14H,1-2,7-13H2. The molecule has 0 atom stereocenters. The number of aromatic nitrogens is 1. The van der Waals surface area contributed by atoms with Gasteiger partial charge in [0.1, 0.15) is 16.5 Å². The maximum Gasteiger partial charge on any atom is 0.273 e. The van der Waals surface area contributed by atoms with Crippen molar-refractivity contribution < 1.29 is 9.18 Å². The Morgan fingerprint density at radius 2 is 1.73 bits per heavy atom. The second-order valence-corrected chi connectivity index (χ2v) is 7.81. The van der Waals surface area contributed by atoms with Crippen molar-refractivity contribution >= 4 is 22.9 Å². The molecular weight excluding hydrogens is 351 g/mol. The van der Waals surface area contributed by atoms with Crippen LogP contribution in [0.25, 0.3) is 0 Å². The minimum Gasteiger partial charge on any atom is -0.369 e. The minimum absolute atomic E-state index is 0.0751. The molecule has 2 saturated heterocycles. The summed E-state index contributed by atoms with van der Waals surface area (Å²) in [5.74, 6) is -0.124. The Hall–Kier alpha value is -1.99. The molecule has 0 radical (unpaired) electrons. The van der Waals surface area contributed by atoms with E-state index in [-0.39, 0.29) is 11.7 Å². The van der Waals surface area contributed by atoms with E-state index in [0.29, 0.717) is 5.69 Å². The Kier molecular flexibility index (Phi) is 5.17. The number of carbonyl (C=O) groups excluding carboxylic acids is 1. The summed E-state index contributed by atoms with van der Waals surface area (Å²) in [6, 6.07) is 6.69. The lowest BCUT2D eigenvalue weighted by atomic mass is 10.2. The summed E-state index contributed by atoms with van der Waals surface area (Å²) < 4.78 is 13.1. The first-order valence-corrected chi connectivity index (χ1v) is 10.0. The van der Waals surface area contributed by atoms with Gasteiger partial charge in [0.15, 0.2) is 0 Å². The molecule has 5 nitrogen and oxygen atoms in total. The van der Waals surface area contributed by atoms with Gasteiger partial charge in [-0.25, -0.2) is 9.37 Å². The molecule has 2 aliphatic heterocycles. The predicted octanol–water partition coefficient (Wildman–Crippen LogP) is 2.84. The fraction of sp³-hybridized carbons (Fsp3) is 0.474. The van der Waals surface area contributed by atoms with Gasteiger partial charge in [-0.15, -0.1) is 11.3 Å². The van der Waals surface area contributed by atoms with Gasteiger partial charge < -0.3 is 9.80 Å². The lowest BCUT2D eigenvalue weighted by Gasteiger charge is -2.35. The lowest BCUT2D eigenvalue weighted by molar-refractivity contribution is 0.0787. The molecule has 2 aliphatic rings. The molecule has 26 heavy (non-hydrogen) atoms. The van der Waals surface area contributed by atoms with Crippen molar-refractivity contribution in [2.45, 2.75) is 19.4 Å². The Morgan fingerprint density at radius 3 is 2.42 bits per heavy atom. The smallest absolute Gasteiger partial charge is 0.273 e. The second kappa shape index (κ2) is 7.72. The summed E-state index contributed by atoms with van der Waals surface area (Å²) in [7, 11) is 0. The molecule has 0 aliphatic carbocycles. The third-order valence-electron chi connectivity index (χ3n) is 5.09. The zero-order valence-electron chi connectivity index (χ0n) is 14.7. The summed E-state index contributed by atoms with van der Waals surface area (Å²) in [4.78, 5) is 23.5. The molecule has 1 amide bonds. The van der Waals surface area contributed by atoms with Crippen LogP contribution in [0.2, 0.25) is 0 Å². The summed E-state index contributed by atoms with van der Waals surface area (Å²) >= 11 is 1.57. The predicted molar refractivity (Wildman–Crippen MR) is 101 cm³/mol. The number of amides is 1. The van der Waals surface area contributed by atoms with E-state index in [9.17, 15) is 9.18 Å². The van der Waals surface area contributed by atoms with Gasteiger partial charge in [0.25, 0.3) is 5.91 Å². The molecule has 0 unspecified atom stereocenters. The van der Waals surface area contributed by atoms with Crippen molar-refractivity contribution in [3.8, 4) is 0 Å². The van der Waals surface area contributed by atoms with Gasteiger partial charge >= 0.3 is 0 Å². The summed E-state index contributed by atoms with van der Waals surface area (Å²) in [5, 5.41) is 2.90. The summed E-state index contributed by atoms with van der Waals surface area (Å²) in [6.07, 6.45) is 2.20. The molecule has 2 fully saturated rings. The molecule has 0 N–H and O–H groups in total. The molecule has 0 spiro atoms. The van der Waals surface area contributed by atoms with E-state index >= 15 is 0 Å². The first kappa shape index (κ1) is 17.4. The molecule has 3 heterocycles. The van der Waals surface area contributed by atoms with Crippen LogP contribution in [0, 0.1) is 5.82 Å². The van der Waals surface area contributed by atoms with Gasteiger partial charge in [0.05, 0.1) is 6.54 Å². The van der Waals surface area contributed by atoms with Crippen molar-refractivity contribution in [2.24, 2.45) is 0 Å². The molecule has 0 saturated carbocycles. The normalized spacial score (nSPS) is 18.5. The number of carbonyl (C=O) groups is 1. The van der Waals surface area contributed by atoms with E-state index in [1.165, 1.54) is 12.1 Å². The highest BCUT2D eigenvalue weighted by molar-refractivity contribution is 7.09. The van der Waals surface area contributed by atoms with Gasteiger partial charge in [-0.1, -0.05) is 0 Å². The van der Waals surface area contributed by atoms with Gasteiger partial charge in [-0.05, 0) is 37.1 Å². The van der Waals surface area contributed by atoms with Crippen molar-refractivity contribution in [1.29, 1.82) is 0 Å². The van der Waals surface area contributed by atoms with Crippen molar-refractivity contribution in [1.82, 2.24) is 14.8 Å². The number of likely N-dealkylation sites (tertiary alicyclic amines) is 1. The first-order chi connectivity index (χ1) is 12.7. The maximum absolute atomic E-state index is 13.1. The molecule has 138 valence electrons. The monoisotopic (exact) mass is 374 g/mol. The number of piperazine rings is 1. The quantitative estimate of drug-likeness (QED) is 0.825. The Morgan fingerprint density at radius 1 is 1.04 bits per heavy atom. The topological polar surface area (TPSA) is 39.7 Å². The van der Waals surface area contributed by atoms with Crippen molar-refractivity contribution in [3.63, 3.8) is 0 Å². The van der Waals surface area contributed by atoms with Crippen LogP contribution in [0.1, 0.15) is 28.3 Å². The van der Waals surface area contributed by atoms with E-state index in [1.807, 2.05) is 22.4 Å². The molecule has 0 bridgehead atoms. The first-order valence-electron chi connectivity index (χ1n) is 9.15. The minimum atomic E-state index is -0.199. The van der Waals surface area contributed by atoms with Crippen LogP contribution < -0.4 is 4.90 Å². The largest absolute Gasteiger partial charge is 0.369 e. The van der Waals surface area contributed by atoms with E-state index in [2.05, 4.69) is 14.8 Å². The van der Waals surface area contributed by atoms with Crippen LogP contribution in [0.5, 0.6) is 0 Å². The molecule has 2 aromatic rings. The Labute approximate surface area is 157 Å². The van der Waals surface area contributed by atoms with Crippen LogP contribution >= 0.6 is 11.3 Å². The van der Waals surface area contributed by atoms with Crippen molar-refractivity contribution in [2.75, 3.05) is 44.2 Å².